The molecule has 0 spiro atoms. The Labute approximate surface area is 141 Å². The van der Waals surface area contributed by atoms with Crippen LogP contribution in [0.3, 0.4) is 0 Å². The largest absolute Gasteiger partial charge is 0.481 e. The van der Waals surface area contributed by atoms with Gasteiger partial charge in [0.2, 0.25) is 5.91 Å². The molecule has 24 heavy (non-hydrogen) atoms. The fourth-order valence-electron chi connectivity index (χ4n) is 2.22. The van der Waals surface area contributed by atoms with Gasteiger partial charge in [-0.3, -0.25) is 9.59 Å². The fourth-order valence-corrected chi connectivity index (χ4v) is 2.22. The second-order valence-corrected chi connectivity index (χ2v) is 5.48. The lowest BCUT2D eigenvalue weighted by Gasteiger charge is -2.26. The second kappa shape index (κ2) is 12.5. The van der Waals surface area contributed by atoms with Gasteiger partial charge in [0.05, 0.1) is 6.42 Å². The van der Waals surface area contributed by atoms with Crippen LogP contribution in [0.5, 0.6) is 0 Å². The number of hydrogen-bond acceptors (Lipinski definition) is 6. The summed E-state index contributed by atoms with van der Waals surface area (Å²) in [6.45, 7) is 4.89. The first-order chi connectivity index (χ1) is 11.3. The Kier molecular flexibility index (Phi) is 11.4. The van der Waals surface area contributed by atoms with Crippen molar-refractivity contribution in [3.05, 3.63) is 12.2 Å². The zero-order valence-corrected chi connectivity index (χ0v) is 13.8. The van der Waals surface area contributed by atoms with Gasteiger partial charge in [-0.1, -0.05) is 13.0 Å². The van der Waals surface area contributed by atoms with Crippen molar-refractivity contribution in [2.24, 2.45) is 11.5 Å². The molecule has 9 heteroatoms. The van der Waals surface area contributed by atoms with Crippen LogP contribution in [0.4, 0.5) is 0 Å². The molecule has 0 aromatic heterocycles. The van der Waals surface area contributed by atoms with Gasteiger partial charge in [-0.15, -0.1) is 0 Å². The third-order valence-electron chi connectivity index (χ3n) is 3.47. The summed E-state index contributed by atoms with van der Waals surface area (Å²) in [6.07, 6.45) is 3.21. The van der Waals surface area contributed by atoms with Crippen LogP contribution in [0.15, 0.2) is 12.2 Å². The number of aliphatic carboxylic acids is 2. The molecule has 0 aromatic carbocycles. The Morgan fingerprint density at radius 3 is 2.46 bits per heavy atom. The van der Waals surface area contributed by atoms with Gasteiger partial charge in [-0.2, -0.15) is 0 Å². The third-order valence-corrected chi connectivity index (χ3v) is 3.47. The highest BCUT2D eigenvalue weighted by molar-refractivity contribution is 5.91. The van der Waals surface area contributed by atoms with E-state index in [0.29, 0.717) is 19.5 Å². The molecule has 1 heterocycles. The number of carboxylic acids is 2. The van der Waals surface area contributed by atoms with Gasteiger partial charge >= 0.3 is 11.9 Å². The van der Waals surface area contributed by atoms with Crippen LogP contribution >= 0.6 is 0 Å². The van der Waals surface area contributed by atoms with Crippen LogP contribution < -0.4 is 22.1 Å². The van der Waals surface area contributed by atoms with Crippen molar-refractivity contribution >= 4 is 17.8 Å². The molecule has 1 amide bonds. The highest BCUT2D eigenvalue weighted by Crippen LogP contribution is 2.11. The monoisotopic (exact) mass is 344 g/mol. The van der Waals surface area contributed by atoms with Crippen molar-refractivity contribution in [1.29, 1.82) is 0 Å². The summed E-state index contributed by atoms with van der Waals surface area (Å²) in [5.74, 6) is -2.30. The minimum Gasteiger partial charge on any atom is -0.481 e. The molecule has 0 bridgehead atoms. The number of nitrogens with one attached hydrogen (secondary N) is 2. The Balaban J connectivity index is 0.000000506. The SMILES string of the molecule is C=C(CC(=O)O)C(=O)O.NCCNC(CN)C1CCCCC(=O)N1. The summed E-state index contributed by atoms with van der Waals surface area (Å²) < 4.78 is 0. The van der Waals surface area contributed by atoms with E-state index in [1.165, 1.54) is 0 Å². The number of carbonyl (C=O) groups excluding carboxylic acids is 1. The van der Waals surface area contributed by atoms with E-state index in [2.05, 4.69) is 17.2 Å². The third kappa shape index (κ3) is 9.93. The van der Waals surface area contributed by atoms with E-state index in [1.807, 2.05) is 0 Å². The molecular formula is C15H28N4O5. The maximum absolute atomic E-state index is 11.4. The van der Waals surface area contributed by atoms with Crippen molar-refractivity contribution in [2.75, 3.05) is 19.6 Å². The molecule has 2 atom stereocenters. The van der Waals surface area contributed by atoms with Crippen LogP contribution in [-0.4, -0.2) is 59.8 Å². The summed E-state index contributed by atoms with van der Waals surface area (Å²) in [5, 5.41) is 22.4. The Morgan fingerprint density at radius 1 is 1.33 bits per heavy atom. The van der Waals surface area contributed by atoms with Crippen LogP contribution in [0.1, 0.15) is 32.1 Å². The first-order valence-corrected chi connectivity index (χ1v) is 7.87. The summed E-state index contributed by atoms with van der Waals surface area (Å²) in [7, 11) is 0. The van der Waals surface area contributed by atoms with Crippen molar-refractivity contribution in [1.82, 2.24) is 10.6 Å². The van der Waals surface area contributed by atoms with Crippen LogP contribution in [0.25, 0.3) is 0 Å². The molecule has 8 N–H and O–H groups in total. The van der Waals surface area contributed by atoms with Gasteiger partial charge in [0.15, 0.2) is 0 Å². The molecule has 9 nitrogen and oxygen atoms in total. The van der Waals surface area contributed by atoms with E-state index in [-0.39, 0.29) is 23.6 Å². The predicted molar refractivity (Wildman–Crippen MR) is 89.3 cm³/mol. The number of carbonyl (C=O) groups is 3. The minimum absolute atomic E-state index is 0.144. The van der Waals surface area contributed by atoms with Gasteiger partial charge in [0, 0.05) is 43.7 Å². The average Bonchev–Trinajstić information content (AvgIpc) is 2.72. The molecule has 138 valence electrons. The van der Waals surface area contributed by atoms with Crippen molar-refractivity contribution < 1.29 is 24.6 Å². The summed E-state index contributed by atoms with van der Waals surface area (Å²) in [6, 6.07) is 0.312. The number of nitrogens with two attached hydrogens (primary N) is 2. The van der Waals surface area contributed by atoms with E-state index >= 15 is 0 Å². The van der Waals surface area contributed by atoms with E-state index in [0.717, 1.165) is 25.8 Å². The minimum atomic E-state index is -1.27. The lowest BCUT2D eigenvalue weighted by Crippen LogP contribution is -2.53. The molecule has 0 aliphatic carbocycles. The number of hydrogen-bond donors (Lipinski definition) is 6. The van der Waals surface area contributed by atoms with Crippen molar-refractivity contribution in [3.63, 3.8) is 0 Å². The van der Waals surface area contributed by atoms with Gasteiger partial charge in [0.1, 0.15) is 0 Å². The summed E-state index contributed by atoms with van der Waals surface area (Å²) in [4.78, 5) is 31.0. The van der Waals surface area contributed by atoms with Gasteiger partial charge < -0.3 is 32.3 Å². The molecule has 1 fully saturated rings. The van der Waals surface area contributed by atoms with E-state index in [1.54, 1.807) is 0 Å². The molecule has 1 aliphatic heterocycles. The normalized spacial score (nSPS) is 18.4. The highest BCUT2D eigenvalue weighted by atomic mass is 16.4. The number of carboxylic acid groups (broad SMARTS) is 2. The summed E-state index contributed by atoms with van der Waals surface area (Å²) in [5.41, 5.74) is 10.8. The first-order valence-electron chi connectivity index (χ1n) is 7.87. The van der Waals surface area contributed by atoms with Crippen LogP contribution in [-0.2, 0) is 14.4 Å². The van der Waals surface area contributed by atoms with Crippen molar-refractivity contribution in [2.45, 2.75) is 44.2 Å². The number of rotatable bonds is 8. The van der Waals surface area contributed by atoms with Crippen molar-refractivity contribution in [3.8, 4) is 0 Å². The molecule has 1 aliphatic rings. The number of amides is 1. The quantitative estimate of drug-likeness (QED) is 0.305. The second-order valence-electron chi connectivity index (χ2n) is 5.48. The van der Waals surface area contributed by atoms with E-state index in [4.69, 9.17) is 21.7 Å². The molecule has 0 saturated carbocycles. The van der Waals surface area contributed by atoms with Crippen LogP contribution in [0, 0.1) is 0 Å². The van der Waals surface area contributed by atoms with Gasteiger partial charge in [-0.25, -0.2) is 4.79 Å². The zero-order valence-electron chi connectivity index (χ0n) is 13.8. The molecule has 0 aromatic rings. The first kappa shape index (κ1) is 22.0. The van der Waals surface area contributed by atoms with Crippen LogP contribution in [0.2, 0.25) is 0 Å². The maximum atomic E-state index is 11.4. The fraction of sp³-hybridized carbons (Fsp3) is 0.667. The molecule has 1 saturated heterocycles. The molecule has 0 radical (unpaired) electrons. The standard InChI is InChI=1S/C10H22N4O.C5H6O4/c11-5-6-13-9(7-12)8-3-1-2-4-10(15)14-8;1-3(5(8)9)2-4(6)7/h8-9,13H,1-7,11-12H2,(H,14,15);1-2H2,(H,6,7)(H,8,9). The molecular weight excluding hydrogens is 316 g/mol. The lowest BCUT2D eigenvalue weighted by molar-refractivity contribution is -0.139. The van der Waals surface area contributed by atoms with Gasteiger partial charge in [-0.05, 0) is 12.8 Å². The highest BCUT2D eigenvalue weighted by Gasteiger charge is 2.23. The summed E-state index contributed by atoms with van der Waals surface area (Å²) >= 11 is 0. The topological polar surface area (TPSA) is 168 Å². The molecule has 1 rings (SSSR count). The molecule has 2 unspecified atom stereocenters. The van der Waals surface area contributed by atoms with E-state index in [9.17, 15) is 14.4 Å². The Morgan fingerprint density at radius 2 is 2.00 bits per heavy atom. The van der Waals surface area contributed by atoms with E-state index < -0.39 is 18.4 Å². The smallest absolute Gasteiger partial charge is 0.331 e. The predicted octanol–water partition coefficient (Wildman–Crippen LogP) is -0.977. The lowest BCUT2D eigenvalue weighted by atomic mass is 10.0. The average molecular weight is 344 g/mol. The van der Waals surface area contributed by atoms with Gasteiger partial charge in [0.25, 0.3) is 0 Å². The maximum Gasteiger partial charge on any atom is 0.331 e. The Bertz CT molecular complexity index is 442. The zero-order chi connectivity index (χ0) is 18.5. The Hall–Kier alpha value is -1.97.